The number of rotatable bonds is 8. The summed E-state index contributed by atoms with van der Waals surface area (Å²) in [5, 5.41) is 6.02. The number of hydrogen-bond acceptors (Lipinski definition) is 7. The van der Waals surface area contributed by atoms with Crippen molar-refractivity contribution in [3.05, 3.63) is 77.9 Å². The second kappa shape index (κ2) is 10.1. The molecule has 0 aliphatic heterocycles. The molecule has 1 aromatic heterocycles. The summed E-state index contributed by atoms with van der Waals surface area (Å²) >= 11 is 0. The van der Waals surface area contributed by atoms with E-state index in [1.807, 2.05) is 5.32 Å². The third kappa shape index (κ3) is 6.42. The molecule has 0 bridgehead atoms. The van der Waals surface area contributed by atoms with Crippen molar-refractivity contribution >= 4 is 17.8 Å². The topological polar surface area (TPSA) is 112 Å². The molecule has 3 aromatic rings. The average Bonchev–Trinajstić information content (AvgIpc) is 3.25. The summed E-state index contributed by atoms with van der Waals surface area (Å²) in [6.45, 7) is -3.17. The normalized spacial score (nSPS) is 10.5. The highest BCUT2D eigenvalue weighted by Gasteiger charge is 2.14. The number of ether oxygens (including phenoxy) is 2. The molecular formula is C20H16F2N4O5. The van der Waals surface area contributed by atoms with Crippen LogP contribution in [0.2, 0.25) is 0 Å². The van der Waals surface area contributed by atoms with Crippen molar-refractivity contribution in [1.29, 1.82) is 0 Å². The molecule has 0 atom stereocenters. The van der Waals surface area contributed by atoms with Gasteiger partial charge in [-0.3, -0.25) is 14.9 Å². The number of aromatic nitrogens is 3. The first-order chi connectivity index (χ1) is 14.9. The molecular weight excluding hydrogens is 414 g/mol. The third-order valence-corrected chi connectivity index (χ3v) is 3.93. The number of esters is 1. The van der Waals surface area contributed by atoms with Gasteiger partial charge in [-0.1, -0.05) is 12.1 Å². The first-order valence-corrected chi connectivity index (χ1v) is 8.88. The fourth-order valence-corrected chi connectivity index (χ4v) is 2.48. The van der Waals surface area contributed by atoms with Gasteiger partial charge in [-0.05, 0) is 42.0 Å². The SMILES string of the molecule is O=C(COC(=O)c1ccc(Cn2cncn2)cc1)NC(=O)c1ccc(OC(F)F)cc1. The van der Waals surface area contributed by atoms with Crippen LogP contribution in [0.15, 0.2) is 61.2 Å². The van der Waals surface area contributed by atoms with Crippen LogP contribution in [0.4, 0.5) is 8.78 Å². The van der Waals surface area contributed by atoms with E-state index in [-0.39, 0.29) is 16.9 Å². The molecule has 0 spiro atoms. The molecule has 0 saturated heterocycles. The lowest BCUT2D eigenvalue weighted by molar-refractivity contribution is -0.123. The second-order valence-electron chi connectivity index (χ2n) is 6.15. The molecule has 9 nitrogen and oxygen atoms in total. The summed E-state index contributed by atoms with van der Waals surface area (Å²) in [7, 11) is 0. The fourth-order valence-electron chi connectivity index (χ4n) is 2.48. The van der Waals surface area contributed by atoms with Crippen LogP contribution in [0.5, 0.6) is 5.75 Å². The van der Waals surface area contributed by atoms with Crippen molar-refractivity contribution in [2.75, 3.05) is 6.61 Å². The van der Waals surface area contributed by atoms with Crippen LogP contribution in [0.25, 0.3) is 0 Å². The van der Waals surface area contributed by atoms with Crippen molar-refractivity contribution in [3.8, 4) is 5.75 Å². The first kappa shape index (κ1) is 21.6. The number of imide groups is 1. The van der Waals surface area contributed by atoms with E-state index in [0.29, 0.717) is 6.54 Å². The quantitative estimate of drug-likeness (QED) is 0.544. The van der Waals surface area contributed by atoms with Gasteiger partial charge in [0.25, 0.3) is 11.8 Å². The van der Waals surface area contributed by atoms with E-state index in [0.717, 1.165) is 17.7 Å². The van der Waals surface area contributed by atoms with Crippen LogP contribution < -0.4 is 10.1 Å². The molecule has 0 fully saturated rings. The molecule has 3 rings (SSSR count). The van der Waals surface area contributed by atoms with Gasteiger partial charge in [0.05, 0.1) is 12.1 Å². The number of carbonyl (C=O) groups excluding carboxylic acids is 3. The minimum Gasteiger partial charge on any atom is -0.452 e. The van der Waals surface area contributed by atoms with E-state index in [1.54, 1.807) is 35.3 Å². The molecule has 11 heteroatoms. The molecule has 1 heterocycles. The van der Waals surface area contributed by atoms with Gasteiger partial charge in [0.2, 0.25) is 0 Å². The molecule has 0 unspecified atom stereocenters. The summed E-state index contributed by atoms with van der Waals surface area (Å²) in [6, 6.07) is 11.3. The maximum atomic E-state index is 12.1. The number of nitrogens with one attached hydrogen (secondary N) is 1. The van der Waals surface area contributed by atoms with Crippen LogP contribution in [0.3, 0.4) is 0 Å². The monoisotopic (exact) mass is 430 g/mol. The zero-order chi connectivity index (χ0) is 22.2. The Bertz CT molecular complexity index is 1040. The lowest BCUT2D eigenvalue weighted by Crippen LogP contribution is -2.34. The van der Waals surface area contributed by atoms with Gasteiger partial charge in [0.1, 0.15) is 18.4 Å². The van der Waals surface area contributed by atoms with E-state index >= 15 is 0 Å². The van der Waals surface area contributed by atoms with Crippen molar-refractivity contribution < 1.29 is 32.6 Å². The number of amides is 2. The molecule has 2 aromatic carbocycles. The van der Waals surface area contributed by atoms with Gasteiger partial charge in [0, 0.05) is 5.56 Å². The highest BCUT2D eigenvalue weighted by atomic mass is 19.3. The molecule has 0 saturated carbocycles. The maximum absolute atomic E-state index is 12.1. The fraction of sp³-hybridized carbons (Fsp3) is 0.150. The van der Waals surface area contributed by atoms with Crippen LogP contribution in [-0.2, 0) is 16.1 Å². The zero-order valence-corrected chi connectivity index (χ0v) is 15.9. The Morgan fingerprint density at radius 1 is 1.00 bits per heavy atom. The number of carbonyl (C=O) groups is 3. The highest BCUT2D eigenvalue weighted by molar-refractivity contribution is 6.05. The molecule has 2 amide bonds. The number of benzene rings is 2. The van der Waals surface area contributed by atoms with E-state index in [9.17, 15) is 23.2 Å². The Morgan fingerprint density at radius 3 is 2.29 bits per heavy atom. The van der Waals surface area contributed by atoms with Crippen LogP contribution in [-0.4, -0.2) is 45.8 Å². The third-order valence-electron chi connectivity index (χ3n) is 3.93. The van der Waals surface area contributed by atoms with Gasteiger partial charge in [-0.2, -0.15) is 13.9 Å². The molecule has 0 radical (unpaired) electrons. The minimum atomic E-state index is -2.99. The van der Waals surface area contributed by atoms with E-state index < -0.39 is 31.0 Å². The Hall–Kier alpha value is -4.15. The predicted molar refractivity (Wildman–Crippen MR) is 101 cm³/mol. The zero-order valence-electron chi connectivity index (χ0n) is 15.9. The Labute approximate surface area is 174 Å². The lowest BCUT2D eigenvalue weighted by Gasteiger charge is -2.08. The van der Waals surface area contributed by atoms with Gasteiger partial charge < -0.3 is 9.47 Å². The molecule has 0 aliphatic rings. The molecule has 160 valence electrons. The number of nitrogens with zero attached hydrogens (tertiary/aromatic N) is 3. The Balaban J connectivity index is 1.46. The van der Waals surface area contributed by atoms with Crippen LogP contribution in [0, 0.1) is 0 Å². The Morgan fingerprint density at radius 2 is 1.68 bits per heavy atom. The molecule has 1 N–H and O–H groups in total. The van der Waals surface area contributed by atoms with Gasteiger partial charge in [0.15, 0.2) is 6.61 Å². The first-order valence-electron chi connectivity index (χ1n) is 8.88. The minimum absolute atomic E-state index is 0.0456. The van der Waals surface area contributed by atoms with Gasteiger partial charge in [-0.25, -0.2) is 14.5 Å². The van der Waals surface area contributed by atoms with E-state index in [1.165, 1.54) is 18.5 Å². The Kier molecular flexibility index (Phi) is 6.99. The largest absolute Gasteiger partial charge is 0.452 e. The van der Waals surface area contributed by atoms with Crippen LogP contribution >= 0.6 is 0 Å². The number of alkyl halides is 2. The lowest BCUT2D eigenvalue weighted by atomic mass is 10.1. The van der Waals surface area contributed by atoms with Gasteiger partial charge >= 0.3 is 12.6 Å². The van der Waals surface area contributed by atoms with E-state index in [2.05, 4.69) is 14.8 Å². The van der Waals surface area contributed by atoms with Crippen molar-refractivity contribution in [2.45, 2.75) is 13.2 Å². The highest BCUT2D eigenvalue weighted by Crippen LogP contribution is 2.15. The van der Waals surface area contributed by atoms with Gasteiger partial charge in [-0.15, -0.1) is 0 Å². The summed E-state index contributed by atoms with van der Waals surface area (Å²) in [5.41, 5.74) is 1.16. The summed E-state index contributed by atoms with van der Waals surface area (Å²) in [5.74, 6) is -2.47. The van der Waals surface area contributed by atoms with Crippen molar-refractivity contribution in [2.24, 2.45) is 0 Å². The maximum Gasteiger partial charge on any atom is 0.387 e. The molecule has 31 heavy (non-hydrogen) atoms. The summed E-state index contributed by atoms with van der Waals surface area (Å²) < 4.78 is 34.9. The average molecular weight is 430 g/mol. The smallest absolute Gasteiger partial charge is 0.387 e. The molecule has 0 aliphatic carbocycles. The second-order valence-corrected chi connectivity index (χ2v) is 6.15. The van der Waals surface area contributed by atoms with E-state index in [4.69, 9.17) is 4.74 Å². The standard InChI is InChI=1S/C20H16F2N4O5/c21-20(22)31-16-7-5-14(6-8-16)18(28)25-17(27)10-30-19(29)15-3-1-13(2-4-15)9-26-12-23-11-24-26/h1-8,11-12,20H,9-10H2,(H,25,27,28). The number of halogens is 2. The predicted octanol–water partition coefficient (Wildman–Crippen LogP) is 2.04. The van der Waals surface area contributed by atoms with Crippen molar-refractivity contribution in [3.63, 3.8) is 0 Å². The number of hydrogen-bond donors (Lipinski definition) is 1. The van der Waals surface area contributed by atoms with Crippen molar-refractivity contribution in [1.82, 2.24) is 20.1 Å². The van der Waals surface area contributed by atoms with Crippen LogP contribution in [0.1, 0.15) is 26.3 Å². The summed E-state index contributed by atoms with van der Waals surface area (Å²) in [4.78, 5) is 39.8. The summed E-state index contributed by atoms with van der Waals surface area (Å²) in [6.07, 6.45) is 2.98.